The van der Waals surface area contributed by atoms with Crippen LogP contribution in [0.15, 0.2) is 23.7 Å². The first kappa shape index (κ1) is 12.4. The van der Waals surface area contributed by atoms with Gasteiger partial charge in [0.1, 0.15) is 5.82 Å². The monoisotopic (exact) mass is 276 g/mol. The van der Waals surface area contributed by atoms with E-state index in [1.54, 1.807) is 17.5 Å². The Morgan fingerprint density at radius 3 is 3.11 bits per heavy atom. The van der Waals surface area contributed by atoms with Crippen LogP contribution in [0.5, 0.6) is 0 Å². The maximum atomic E-state index is 11.5. The highest BCUT2D eigenvalue weighted by Gasteiger charge is 2.43. The molecule has 19 heavy (non-hydrogen) atoms. The summed E-state index contributed by atoms with van der Waals surface area (Å²) in [5, 5.41) is 12.6. The molecule has 3 heterocycles. The number of carboxylic acids is 1. The Bertz CT molecular complexity index is 625. The molecule has 100 valence electrons. The Kier molecular flexibility index (Phi) is 2.93. The third kappa shape index (κ3) is 1.89. The van der Waals surface area contributed by atoms with Crippen molar-refractivity contribution in [2.45, 2.75) is 19.8 Å². The zero-order valence-corrected chi connectivity index (χ0v) is 11.6. The average molecular weight is 276 g/mol. The van der Waals surface area contributed by atoms with Crippen molar-refractivity contribution in [1.29, 1.82) is 0 Å². The van der Waals surface area contributed by atoms with Gasteiger partial charge in [0.25, 0.3) is 0 Å². The predicted octanol–water partition coefficient (Wildman–Crippen LogP) is 2.99. The quantitative estimate of drug-likeness (QED) is 0.936. The fourth-order valence-corrected chi connectivity index (χ4v) is 3.58. The molecular weight excluding hydrogens is 260 g/mol. The van der Waals surface area contributed by atoms with Gasteiger partial charge in [-0.3, -0.25) is 4.79 Å². The molecule has 1 saturated heterocycles. The first-order valence-corrected chi connectivity index (χ1v) is 7.35. The van der Waals surface area contributed by atoms with Crippen LogP contribution in [0.1, 0.15) is 19.8 Å². The van der Waals surface area contributed by atoms with Crippen molar-refractivity contribution in [2.24, 2.45) is 5.41 Å². The number of fused-ring (bicyclic) bond motifs is 1. The number of aliphatic carboxylic acids is 1. The van der Waals surface area contributed by atoms with Crippen molar-refractivity contribution < 1.29 is 9.90 Å². The van der Waals surface area contributed by atoms with E-state index in [0.717, 1.165) is 17.7 Å². The van der Waals surface area contributed by atoms with Crippen LogP contribution in [0, 0.1) is 5.41 Å². The van der Waals surface area contributed by atoms with E-state index in [1.165, 1.54) is 4.70 Å². The molecule has 0 radical (unpaired) electrons. The van der Waals surface area contributed by atoms with Gasteiger partial charge in [-0.2, -0.15) is 0 Å². The average Bonchev–Trinajstić information content (AvgIpc) is 3.05. The number of aromatic nitrogens is 1. The van der Waals surface area contributed by atoms with E-state index in [0.29, 0.717) is 19.4 Å². The van der Waals surface area contributed by atoms with Crippen LogP contribution < -0.4 is 4.90 Å². The number of hydrogen-bond acceptors (Lipinski definition) is 4. The minimum Gasteiger partial charge on any atom is -0.481 e. The molecule has 0 aliphatic carbocycles. The summed E-state index contributed by atoms with van der Waals surface area (Å²) in [5.41, 5.74) is -0.611. The maximum absolute atomic E-state index is 11.5. The molecule has 5 heteroatoms. The molecule has 3 rings (SSSR count). The van der Waals surface area contributed by atoms with Crippen LogP contribution in [-0.4, -0.2) is 29.1 Å². The summed E-state index contributed by atoms with van der Waals surface area (Å²) in [7, 11) is 0. The van der Waals surface area contributed by atoms with E-state index < -0.39 is 11.4 Å². The summed E-state index contributed by atoms with van der Waals surface area (Å²) in [5.74, 6) is 0.241. The van der Waals surface area contributed by atoms with Crippen molar-refractivity contribution >= 4 is 33.2 Å². The predicted molar refractivity (Wildman–Crippen MR) is 76.8 cm³/mol. The number of nitrogens with zero attached hydrogens (tertiary/aromatic N) is 2. The second-order valence-corrected chi connectivity index (χ2v) is 6.03. The molecule has 2 aromatic rings. The number of pyridine rings is 1. The standard InChI is InChI=1S/C14H16N2O2S/c1-2-14(13(17)18)5-7-16(9-14)12-10-4-8-19-11(10)3-6-15-12/h3-4,6,8H,2,5,7,9H2,1H3,(H,17,18). The Labute approximate surface area is 115 Å². The van der Waals surface area contributed by atoms with Gasteiger partial charge >= 0.3 is 5.97 Å². The minimum atomic E-state index is -0.685. The molecule has 0 saturated carbocycles. The molecule has 4 nitrogen and oxygen atoms in total. The lowest BCUT2D eigenvalue weighted by Crippen LogP contribution is -2.34. The number of rotatable bonds is 3. The SMILES string of the molecule is CCC1(C(=O)O)CCN(c2nccc3sccc23)C1. The number of thiophene rings is 1. The van der Waals surface area contributed by atoms with Crippen LogP contribution in [0.2, 0.25) is 0 Å². The highest BCUT2D eigenvalue weighted by atomic mass is 32.1. The molecule has 0 bridgehead atoms. The molecule has 2 aromatic heterocycles. The first-order valence-electron chi connectivity index (χ1n) is 6.47. The lowest BCUT2D eigenvalue weighted by molar-refractivity contribution is -0.147. The van der Waals surface area contributed by atoms with Crippen LogP contribution in [0.25, 0.3) is 10.1 Å². The summed E-state index contributed by atoms with van der Waals surface area (Å²) in [4.78, 5) is 18.1. The van der Waals surface area contributed by atoms with E-state index in [2.05, 4.69) is 21.3 Å². The molecule has 0 spiro atoms. The normalized spacial score (nSPS) is 23.1. The molecule has 1 aliphatic rings. The van der Waals surface area contributed by atoms with E-state index in [1.807, 2.05) is 13.0 Å². The maximum Gasteiger partial charge on any atom is 0.311 e. The smallest absolute Gasteiger partial charge is 0.311 e. The van der Waals surface area contributed by atoms with Crippen molar-refractivity contribution in [1.82, 2.24) is 4.98 Å². The topological polar surface area (TPSA) is 53.4 Å². The fourth-order valence-electron chi connectivity index (χ4n) is 2.80. The first-order chi connectivity index (χ1) is 9.16. The summed E-state index contributed by atoms with van der Waals surface area (Å²) in [6, 6.07) is 4.07. The molecule has 1 unspecified atom stereocenters. The lowest BCUT2D eigenvalue weighted by atomic mass is 9.84. The zero-order valence-electron chi connectivity index (χ0n) is 10.8. The van der Waals surface area contributed by atoms with Gasteiger partial charge in [0.2, 0.25) is 0 Å². The number of carbonyl (C=O) groups is 1. The summed E-state index contributed by atoms with van der Waals surface area (Å²) >= 11 is 1.69. The van der Waals surface area contributed by atoms with Gasteiger partial charge in [-0.25, -0.2) is 4.98 Å². The molecule has 1 atom stereocenters. The van der Waals surface area contributed by atoms with Gasteiger partial charge in [0, 0.05) is 29.4 Å². The van der Waals surface area contributed by atoms with Gasteiger partial charge in [0.15, 0.2) is 0 Å². The van der Waals surface area contributed by atoms with Gasteiger partial charge in [0.05, 0.1) is 5.41 Å². The van der Waals surface area contributed by atoms with E-state index in [4.69, 9.17) is 0 Å². The van der Waals surface area contributed by atoms with Crippen molar-refractivity contribution in [3.05, 3.63) is 23.7 Å². The highest BCUT2D eigenvalue weighted by molar-refractivity contribution is 7.17. The second-order valence-electron chi connectivity index (χ2n) is 5.08. The van der Waals surface area contributed by atoms with E-state index >= 15 is 0 Å². The Morgan fingerprint density at radius 1 is 1.58 bits per heavy atom. The second kappa shape index (κ2) is 4.49. The van der Waals surface area contributed by atoms with E-state index in [-0.39, 0.29) is 0 Å². The van der Waals surface area contributed by atoms with Crippen LogP contribution >= 0.6 is 11.3 Å². The van der Waals surface area contributed by atoms with E-state index in [9.17, 15) is 9.90 Å². The largest absolute Gasteiger partial charge is 0.481 e. The number of hydrogen-bond donors (Lipinski definition) is 1. The van der Waals surface area contributed by atoms with Gasteiger partial charge in [-0.1, -0.05) is 6.92 Å². The zero-order chi connectivity index (χ0) is 13.5. The summed E-state index contributed by atoms with van der Waals surface area (Å²) in [6.45, 7) is 3.28. The Morgan fingerprint density at radius 2 is 2.42 bits per heavy atom. The third-order valence-electron chi connectivity index (χ3n) is 4.14. The summed E-state index contributed by atoms with van der Waals surface area (Å²) < 4.78 is 1.20. The van der Waals surface area contributed by atoms with Crippen LogP contribution in [0.4, 0.5) is 5.82 Å². The number of carboxylic acid groups (broad SMARTS) is 1. The Hall–Kier alpha value is -1.62. The minimum absolute atomic E-state index is 0.556. The molecular formula is C14H16N2O2S. The van der Waals surface area contributed by atoms with Crippen LogP contribution in [-0.2, 0) is 4.79 Å². The highest BCUT2D eigenvalue weighted by Crippen LogP contribution is 2.38. The third-order valence-corrected chi connectivity index (χ3v) is 5.02. The molecule has 1 aliphatic heterocycles. The van der Waals surface area contributed by atoms with Gasteiger partial charge in [-0.15, -0.1) is 11.3 Å². The van der Waals surface area contributed by atoms with Crippen LogP contribution in [0.3, 0.4) is 0 Å². The van der Waals surface area contributed by atoms with Crippen molar-refractivity contribution in [3.8, 4) is 0 Å². The molecule has 0 aromatic carbocycles. The summed E-state index contributed by atoms with van der Waals surface area (Å²) in [6.07, 6.45) is 3.17. The molecule has 1 fully saturated rings. The van der Waals surface area contributed by atoms with Gasteiger partial charge in [-0.05, 0) is 30.4 Å². The van der Waals surface area contributed by atoms with Gasteiger partial charge < -0.3 is 10.0 Å². The van der Waals surface area contributed by atoms with Crippen molar-refractivity contribution in [2.75, 3.05) is 18.0 Å². The fraction of sp³-hybridized carbons (Fsp3) is 0.429. The molecule has 0 amide bonds. The van der Waals surface area contributed by atoms with Crippen molar-refractivity contribution in [3.63, 3.8) is 0 Å². The Balaban J connectivity index is 1.97. The number of anilines is 1. The molecule has 1 N–H and O–H groups in total. The lowest BCUT2D eigenvalue weighted by Gasteiger charge is -2.23.